The van der Waals surface area contributed by atoms with Gasteiger partial charge in [0.05, 0.1) is 0 Å². The standard InChI is InChI=1S/C12H15F3N2S2/c1-2-3-4-5-7-18-12(17-9-16)19-8-6-10(13)11(14)15/h2H,1,3-8H2. The van der Waals surface area contributed by atoms with E-state index in [4.69, 9.17) is 5.26 Å². The second-order valence-electron chi connectivity index (χ2n) is 3.37. The minimum atomic E-state index is -2.28. The van der Waals surface area contributed by atoms with Crippen molar-refractivity contribution in [2.24, 2.45) is 4.99 Å². The summed E-state index contributed by atoms with van der Waals surface area (Å²) in [7, 11) is 0. The van der Waals surface area contributed by atoms with Gasteiger partial charge in [0.25, 0.3) is 0 Å². The van der Waals surface area contributed by atoms with E-state index in [1.54, 1.807) is 6.19 Å². The zero-order valence-electron chi connectivity index (χ0n) is 10.4. The number of hydrogen-bond acceptors (Lipinski definition) is 4. The Balaban J connectivity index is 3.95. The molecule has 106 valence electrons. The SMILES string of the molecule is C=CCCCCSC(=NC#N)SCCC(F)=C(F)F. The van der Waals surface area contributed by atoms with Crippen molar-refractivity contribution < 1.29 is 13.2 Å². The molecule has 0 saturated carbocycles. The Kier molecular flexibility index (Phi) is 11.6. The van der Waals surface area contributed by atoms with Gasteiger partial charge >= 0.3 is 6.08 Å². The van der Waals surface area contributed by atoms with E-state index in [-0.39, 0.29) is 12.2 Å². The Morgan fingerprint density at radius 3 is 2.47 bits per heavy atom. The molecule has 0 aliphatic rings. The zero-order valence-corrected chi connectivity index (χ0v) is 12.0. The molecule has 0 bridgehead atoms. The number of halogens is 3. The van der Waals surface area contributed by atoms with Crippen LogP contribution in [0.4, 0.5) is 13.2 Å². The summed E-state index contributed by atoms with van der Waals surface area (Å²) < 4.78 is 36.7. The van der Waals surface area contributed by atoms with Gasteiger partial charge in [0.15, 0.2) is 5.83 Å². The number of nitriles is 1. The van der Waals surface area contributed by atoms with Crippen LogP contribution in [0.5, 0.6) is 0 Å². The maximum Gasteiger partial charge on any atom is 0.301 e. The van der Waals surface area contributed by atoms with Crippen molar-refractivity contribution in [2.45, 2.75) is 25.7 Å². The minimum Gasteiger partial charge on any atom is -0.206 e. The van der Waals surface area contributed by atoms with Crippen LogP contribution < -0.4 is 0 Å². The van der Waals surface area contributed by atoms with E-state index in [2.05, 4.69) is 11.6 Å². The molecule has 0 spiro atoms. The monoisotopic (exact) mass is 308 g/mol. The Bertz CT molecular complexity index is 372. The van der Waals surface area contributed by atoms with E-state index >= 15 is 0 Å². The Morgan fingerprint density at radius 2 is 1.89 bits per heavy atom. The first-order chi connectivity index (χ1) is 9.11. The molecule has 0 unspecified atom stereocenters. The molecule has 0 saturated heterocycles. The van der Waals surface area contributed by atoms with Crippen molar-refractivity contribution >= 4 is 27.9 Å². The maximum atomic E-state index is 12.5. The Hall–Kier alpha value is -0.870. The van der Waals surface area contributed by atoms with E-state index in [0.29, 0.717) is 4.38 Å². The second kappa shape index (κ2) is 12.2. The highest BCUT2D eigenvalue weighted by atomic mass is 32.2. The summed E-state index contributed by atoms with van der Waals surface area (Å²) in [6.07, 6.45) is 3.75. The van der Waals surface area contributed by atoms with Crippen LogP contribution in [-0.4, -0.2) is 15.9 Å². The van der Waals surface area contributed by atoms with E-state index in [1.807, 2.05) is 6.08 Å². The van der Waals surface area contributed by atoms with Crippen LogP contribution in [0.1, 0.15) is 25.7 Å². The van der Waals surface area contributed by atoms with E-state index < -0.39 is 11.9 Å². The van der Waals surface area contributed by atoms with Crippen molar-refractivity contribution in [3.63, 3.8) is 0 Å². The minimum absolute atomic E-state index is 0.142. The first kappa shape index (κ1) is 18.1. The fourth-order valence-electron chi connectivity index (χ4n) is 1.02. The smallest absolute Gasteiger partial charge is 0.206 e. The summed E-state index contributed by atoms with van der Waals surface area (Å²) in [4.78, 5) is 3.59. The third-order valence-corrected chi connectivity index (χ3v) is 4.21. The molecule has 7 heteroatoms. The van der Waals surface area contributed by atoms with Crippen molar-refractivity contribution in [1.82, 2.24) is 0 Å². The summed E-state index contributed by atoms with van der Waals surface area (Å²) in [5.41, 5.74) is 0. The Morgan fingerprint density at radius 1 is 1.21 bits per heavy atom. The van der Waals surface area contributed by atoms with Gasteiger partial charge in [0.2, 0.25) is 6.19 Å². The topological polar surface area (TPSA) is 36.1 Å². The molecule has 0 aromatic heterocycles. The molecule has 0 rings (SSSR count). The average molecular weight is 308 g/mol. The normalized spacial score (nSPS) is 10.9. The number of hydrogen-bond donors (Lipinski definition) is 0. The van der Waals surface area contributed by atoms with Crippen LogP contribution in [0.2, 0.25) is 0 Å². The summed E-state index contributed by atoms with van der Waals surface area (Å²) in [6.45, 7) is 3.62. The quantitative estimate of drug-likeness (QED) is 0.205. The molecule has 0 N–H and O–H groups in total. The van der Waals surface area contributed by atoms with Gasteiger partial charge < -0.3 is 0 Å². The summed E-state index contributed by atoms with van der Waals surface area (Å²) in [5, 5.41) is 8.49. The fourth-order valence-corrected chi connectivity index (χ4v) is 3.04. The van der Waals surface area contributed by atoms with E-state index in [0.717, 1.165) is 36.8 Å². The van der Waals surface area contributed by atoms with Crippen LogP contribution in [0.25, 0.3) is 0 Å². The molecular formula is C12H15F3N2S2. The molecule has 0 heterocycles. The molecular weight excluding hydrogens is 293 g/mol. The molecule has 0 aliphatic heterocycles. The lowest BCUT2D eigenvalue weighted by Crippen LogP contribution is -1.92. The van der Waals surface area contributed by atoms with Gasteiger partial charge in [-0.3, -0.25) is 0 Å². The molecule has 0 aliphatic carbocycles. The van der Waals surface area contributed by atoms with Gasteiger partial charge in [-0.1, -0.05) is 29.6 Å². The highest BCUT2D eigenvalue weighted by Crippen LogP contribution is 2.22. The molecule has 0 atom stereocenters. The van der Waals surface area contributed by atoms with Gasteiger partial charge in [-0.2, -0.15) is 19.0 Å². The Labute approximate surface area is 119 Å². The highest BCUT2D eigenvalue weighted by molar-refractivity contribution is 8.38. The van der Waals surface area contributed by atoms with Crippen LogP contribution in [-0.2, 0) is 0 Å². The largest absolute Gasteiger partial charge is 0.301 e. The van der Waals surface area contributed by atoms with Crippen molar-refractivity contribution in [3.05, 3.63) is 24.6 Å². The van der Waals surface area contributed by atoms with Gasteiger partial charge in [-0.25, -0.2) is 4.39 Å². The highest BCUT2D eigenvalue weighted by Gasteiger charge is 2.07. The number of allylic oxidation sites excluding steroid dienone is 2. The number of rotatable bonds is 8. The molecule has 0 fully saturated rings. The molecule has 0 radical (unpaired) electrons. The average Bonchev–Trinajstić information content (AvgIpc) is 2.38. The summed E-state index contributed by atoms with van der Waals surface area (Å²) in [5.74, 6) is -0.472. The summed E-state index contributed by atoms with van der Waals surface area (Å²) >= 11 is 2.51. The van der Waals surface area contributed by atoms with Crippen LogP contribution in [0.3, 0.4) is 0 Å². The first-order valence-corrected chi connectivity index (χ1v) is 7.61. The third kappa shape index (κ3) is 10.7. The lowest BCUT2D eigenvalue weighted by atomic mass is 10.2. The van der Waals surface area contributed by atoms with Gasteiger partial charge in [0.1, 0.15) is 4.38 Å². The van der Waals surface area contributed by atoms with Gasteiger partial charge in [-0.05, 0) is 19.3 Å². The lowest BCUT2D eigenvalue weighted by molar-refractivity contribution is 0.373. The molecule has 0 amide bonds. The van der Waals surface area contributed by atoms with Crippen LogP contribution >= 0.6 is 23.5 Å². The van der Waals surface area contributed by atoms with Gasteiger partial charge in [-0.15, -0.1) is 6.58 Å². The van der Waals surface area contributed by atoms with E-state index in [9.17, 15) is 13.2 Å². The fraction of sp³-hybridized carbons (Fsp3) is 0.500. The molecule has 0 aromatic carbocycles. The van der Waals surface area contributed by atoms with Crippen molar-refractivity contribution in [1.29, 1.82) is 5.26 Å². The third-order valence-electron chi connectivity index (χ3n) is 1.92. The molecule has 19 heavy (non-hydrogen) atoms. The predicted octanol–water partition coefficient (Wildman–Crippen LogP) is 5.11. The van der Waals surface area contributed by atoms with Crippen LogP contribution in [0, 0.1) is 11.5 Å². The van der Waals surface area contributed by atoms with Crippen molar-refractivity contribution in [3.8, 4) is 6.19 Å². The van der Waals surface area contributed by atoms with E-state index in [1.165, 1.54) is 11.8 Å². The molecule has 2 nitrogen and oxygen atoms in total. The lowest BCUT2D eigenvalue weighted by Gasteiger charge is -2.03. The zero-order chi connectivity index (χ0) is 14.5. The number of thioether (sulfide) groups is 2. The number of unbranched alkanes of at least 4 members (excludes halogenated alkanes) is 2. The maximum absolute atomic E-state index is 12.5. The number of nitrogens with zero attached hydrogens (tertiary/aromatic N) is 2. The molecule has 0 aromatic rings. The predicted molar refractivity (Wildman–Crippen MR) is 77.0 cm³/mol. The number of aliphatic imine (C=N–C) groups is 1. The summed E-state index contributed by atoms with van der Waals surface area (Å²) in [6, 6.07) is 0. The first-order valence-electron chi connectivity index (χ1n) is 5.64. The van der Waals surface area contributed by atoms with Gasteiger partial charge in [0, 0.05) is 17.9 Å². The second-order valence-corrected chi connectivity index (χ2v) is 5.80. The van der Waals surface area contributed by atoms with Crippen LogP contribution in [0.15, 0.2) is 29.6 Å². The van der Waals surface area contributed by atoms with Crippen molar-refractivity contribution in [2.75, 3.05) is 11.5 Å².